The molecule has 3 rings (SSSR count). The molecule has 0 saturated heterocycles. The SMILES string of the molecule is CCn1cc(C(=O)Nc2ccc(Br)cc2F)c(=O)c2cc(OC)ccc21. The number of aromatic nitrogens is 1. The number of rotatable bonds is 4. The first-order valence-corrected chi connectivity index (χ1v) is 8.71. The molecule has 0 radical (unpaired) electrons. The van der Waals surface area contributed by atoms with Gasteiger partial charge in [0.25, 0.3) is 5.91 Å². The van der Waals surface area contributed by atoms with E-state index in [1.165, 1.54) is 25.4 Å². The number of hydrogen-bond donors (Lipinski definition) is 1. The summed E-state index contributed by atoms with van der Waals surface area (Å²) in [4.78, 5) is 25.4. The second-order valence-electron chi connectivity index (χ2n) is 5.62. The Balaban J connectivity index is 2.10. The Bertz CT molecular complexity index is 1060. The van der Waals surface area contributed by atoms with Crippen molar-refractivity contribution in [3.63, 3.8) is 0 Å². The lowest BCUT2D eigenvalue weighted by molar-refractivity contribution is 0.102. The van der Waals surface area contributed by atoms with Crippen molar-refractivity contribution in [2.45, 2.75) is 13.5 Å². The minimum Gasteiger partial charge on any atom is -0.497 e. The van der Waals surface area contributed by atoms with Crippen LogP contribution in [0.3, 0.4) is 0 Å². The lowest BCUT2D eigenvalue weighted by Crippen LogP contribution is -2.24. The Morgan fingerprint density at radius 2 is 2.04 bits per heavy atom. The van der Waals surface area contributed by atoms with Crippen LogP contribution < -0.4 is 15.5 Å². The van der Waals surface area contributed by atoms with Crippen molar-refractivity contribution in [1.29, 1.82) is 0 Å². The molecule has 0 spiro atoms. The maximum Gasteiger partial charge on any atom is 0.261 e. The van der Waals surface area contributed by atoms with Crippen LogP contribution in [0.15, 0.2) is 51.9 Å². The van der Waals surface area contributed by atoms with E-state index >= 15 is 0 Å². The van der Waals surface area contributed by atoms with Crippen LogP contribution >= 0.6 is 15.9 Å². The highest BCUT2D eigenvalue weighted by molar-refractivity contribution is 9.10. The monoisotopic (exact) mass is 418 g/mol. The van der Waals surface area contributed by atoms with E-state index in [1.807, 2.05) is 6.92 Å². The van der Waals surface area contributed by atoms with Gasteiger partial charge in [-0.15, -0.1) is 0 Å². The zero-order chi connectivity index (χ0) is 18.8. The number of methoxy groups -OCH3 is 1. The number of amides is 1. The van der Waals surface area contributed by atoms with Crippen LogP contribution in [0.25, 0.3) is 10.9 Å². The highest BCUT2D eigenvalue weighted by Gasteiger charge is 2.17. The Hall–Kier alpha value is -2.67. The minimum atomic E-state index is -0.664. The molecule has 1 amide bonds. The van der Waals surface area contributed by atoms with Gasteiger partial charge in [-0.25, -0.2) is 4.39 Å². The van der Waals surface area contributed by atoms with Crippen LogP contribution in [0.5, 0.6) is 5.75 Å². The van der Waals surface area contributed by atoms with Gasteiger partial charge in [-0.05, 0) is 43.3 Å². The summed E-state index contributed by atoms with van der Waals surface area (Å²) in [6.07, 6.45) is 1.49. The fourth-order valence-corrected chi connectivity index (χ4v) is 3.04. The highest BCUT2D eigenvalue weighted by Crippen LogP contribution is 2.21. The molecule has 5 nitrogen and oxygen atoms in total. The number of carbonyl (C=O) groups excluding carboxylic acids is 1. The van der Waals surface area contributed by atoms with E-state index in [2.05, 4.69) is 21.2 Å². The predicted molar refractivity (Wildman–Crippen MR) is 102 cm³/mol. The molecule has 1 heterocycles. The minimum absolute atomic E-state index is 0.00591. The van der Waals surface area contributed by atoms with Gasteiger partial charge in [-0.3, -0.25) is 9.59 Å². The van der Waals surface area contributed by atoms with Gasteiger partial charge in [0.15, 0.2) is 0 Å². The molecule has 0 aliphatic heterocycles. The number of pyridine rings is 1. The highest BCUT2D eigenvalue weighted by atomic mass is 79.9. The van der Waals surface area contributed by atoms with Crippen molar-refractivity contribution in [1.82, 2.24) is 4.57 Å². The number of benzene rings is 2. The van der Waals surface area contributed by atoms with Crippen molar-refractivity contribution in [3.8, 4) is 5.75 Å². The Morgan fingerprint density at radius 3 is 2.69 bits per heavy atom. The van der Waals surface area contributed by atoms with Gasteiger partial charge in [-0.1, -0.05) is 15.9 Å². The summed E-state index contributed by atoms with van der Waals surface area (Å²) in [7, 11) is 1.51. The van der Waals surface area contributed by atoms with E-state index in [0.29, 0.717) is 27.7 Å². The molecule has 134 valence electrons. The molecule has 3 aromatic rings. The summed E-state index contributed by atoms with van der Waals surface area (Å²) in [5, 5.41) is 2.83. The van der Waals surface area contributed by atoms with E-state index < -0.39 is 17.2 Å². The van der Waals surface area contributed by atoms with Gasteiger partial charge in [-0.2, -0.15) is 0 Å². The number of carbonyl (C=O) groups is 1. The molecule has 2 aromatic carbocycles. The fraction of sp³-hybridized carbons (Fsp3) is 0.158. The third kappa shape index (κ3) is 3.35. The Morgan fingerprint density at radius 1 is 1.27 bits per heavy atom. The third-order valence-electron chi connectivity index (χ3n) is 4.05. The zero-order valence-corrected chi connectivity index (χ0v) is 15.8. The second-order valence-corrected chi connectivity index (χ2v) is 6.53. The van der Waals surface area contributed by atoms with Crippen molar-refractivity contribution < 1.29 is 13.9 Å². The number of anilines is 1. The number of halogens is 2. The summed E-state index contributed by atoms with van der Waals surface area (Å²) < 4.78 is 21.5. The summed E-state index contributed by atoms with van der Waals surface area (Å²) in [6, 6.07) is 9.40. The smallest absolute Gasteiger partial charge is 0.261 e. The second kappa shape index (κ2) is 7.29. The molecule has 0 atom stereocenters. The lowest BCUT2D eigenvalue weighted by Gasteiger charge is -2.13. The van der Waals surface area contributed by atoms with Gasteiger partial charge < -0.3 is 14.6 Å². The van der Waals surface area contributed by atoms with Gasteiger partial charge in [0.05, 0.1) is 23.7 Å². The molecule has 0 aliphatic rings. The molecule has 0 fully saturated rings. The summed E-state index contributed by atoms with van der Waals surface area (Å²) >= 11 is 3.16. The van der Waals surface area contributed by atoms with Gasteiger partial charge in [0.1, 0.15) is 17.1 Å². The van der Waals surface area contributed by atoms with Crippen LogP contribution in [-0.2, 0) is 6.54 Å². The molecule has 0 saturated carbocycles. The quantitative estimate of drug-likeness (QED) is 0.690. The largest absolute Gasteiger partial charge is 0.497 e. The third-order valence-corrected chi connectivity index (χ3v) is 4.55. The molecule has 1 aromatic heterocycles. The number of fused-ring (bicyclic) bond motifs is 1. The first-order valence-electron chi connectivity index (χ1n) is 7.92. The molecular formula is C19H16BrFN2O3. The normalized spacial score (nSPS) is 10.8. The van der Waals surface area contributed by atoms with Crippen LogP contribution in [0.1, 0.15) is 17.3 Å². The Labute approximate surface area is 157 Å². The van der Waals surface area contributed by atoms with E-state index in [-0.39, 0.29) is 11.3 Å². The van der Waals surface area contributed by atoms with Crippen LogP contribution in [0, 0.1) is 5.82 Å². The molecule has 7 heteroatoms. The average Bonchev–Trinajstić information content (AvgIpc) is 2.64. The summed E-state index contributed by atoms with van der Waals surface area (Å²) in [5.74, 6) is -0.733. The first-order chi connectivity index (χ1) is 12.4. The van der Waals surface area contributed by atoms with Crippen molar-refractivity contribution in [3.05, 3.63) is 68.7 Å². The van der Waals surface area contributed by atoms with Crippen molar-refractivity contribution in [2.24, 2.45) is 0 Å². The zero-order valence-electron chi connectivity index (χ0n) is 14.2. The van der Waals surface area contributed by atoms with Crippen LogP contribution in [0.4, 0.5) is 10.1 Å². The fourth-order valence-electron chi connectivity index (χ4n) is 2.71. The molecule has 1 N–H and O–H groups in total. The van der Waals surface area contributed by atoms with Crippen molar-refractivity contribution >= 4 is 38.4 Å². The first kappa shape index (κ1) is 18.1. The summed E-state index contributed by atoms with van der Waals surface area (Å²) in [5.41, 5.74) is 0.213. The molecule has 0 bridgehead atoms. The molecule has 0 unspecified atom stereocenters. The van der Waals surface area contributed by atoms with E-state index in [0.717, 1.165) is 0 Å². The number of hydrogen-bond acceptors (Lipinski definition) is 3. The van der Waals surface area contributed by atoms with E-state index in [1.54, 1.807) is 28.8 Å². The summed E-state index contributed by atoms with van der Waals surface area (Å²) in [6.45, 7) is 2.47. The van der Waals surface area contributed by atoms with E-state index in [4.69, 9.17) is 4.74 Å². The maximum atomic E-state index is 14.0. The number of nitrogens with zero attached hydrogens (tertiary/aromatic N) is 1. The van der Waals surface area contributed by atoms with Gasteiger partial charge in [0, 0.05) is 17.2 Å². The van der Waals surface area contributed by atoms with Crippen LogP contribution in [-0.4, -0.2) is 17.6 Å². The standard InChI is InChI=1S/C19H16BrFN2O3/c1-3-23-10-14(18(24)13-9-12(26-2)5-7-17(13)23)19(25)22-16-6-4-11(20)8-15(16)21/h4-10H,3H2,1-2H3,(H,22,25). The molecule has 0 aliphatic carbocycles. The van der Waals surface area contributed by atoms with Crippen molar-refractivity contribution in [2.75, 3.05) is 12.4 Å². The lowest BCUT2D eigenvalue weighted by atomic mass is 10.1. The average molecular weight is 419 g/mol. The molecule has 26 heavy (non-hydrogen) atoms. The van der Waals surface area contributed by atoms with Gasteiger partial charge in [0.2, 0.25) is 5.43 Å². The number of aryl methyl sites for hydroxylation is 1. The predicted octanol–water partition coefficient (Wildman–Crippen LogP) is 4.18. The number of nitrogens with one attached hydrogen (secondary N) is 1. The molecular weight excluding hydrogens is 403 g/mol. The number of ether oxygens (including phenoxy) is 1. The topological polar surface area (TPSA) is 60.3 Å². The maximum absolute atomic E-state index is 14.0. The van der Waals surface area contributed by atoms with Crippen LogP contribution in [0.2, 0.25) is 0 Å². The van der Waals surface area contributed by atoms with Gasteiger partial charge >= 0.3 is 0 Å². The Kier molecular flexibility index (Phi) is 5.08. The van der Waals surface area contributed by atoms with E-state index in [9.17, 15) is 14.0 Å².